The van der Waals surface area contributed by atoms with Gasteiger partial charge < -0.3 is 15.1 Å². The molecule has 3 aliphatic rings. The Kier molecular flexibility index (Phi) is 4.99. The number of fused-ring (bicyclic) bond motifs is 2. The summed E-state index contributed by atoms with van der Waals surface area (Å²) >= 11 is 0. The van der Waals surface area contributed by atoms with E-state index in [9.17, 15) is 18.8 Å². The van der Waals surface area contributed by atoms with E-state index < -0.39 is 5.41 Å². The summed E-state index contributed by atoms with van der Waals surface area (Å²) in [5.41, 5.74) is 2.64. The molecule has 166 valence electrons. The Bertz CT molecular complexity index is 1110. The summed E-state index contributed by atoms with van der Waals surface area (Å²) in [5, 5.41) is 3.00. The molecule has 3 aliphatic heterocycles. The molecular weight excluding hydrogens is 409 g/mol. The number of rotatable bonds is 2. The van der Waals surface area contributed by atoms with Crippen LogP contribution >= 0.6 is 0 Å². The molecule has 0 radical (unpaired) electrons. The van der Waals surface area contributed by atoms with Gasteiger partial charge in [-0.15, -0.1) is 0 Å². The summed E-state index contributed by atoms with van der Waals surface area (Å²) in [7, 11) is 0. The molecule has 0 aromatic heterocycles. The van der Waals surface area contributed by atoms with Gasteiger partial charge in [0.05, 0.1) is 5.41 Å². The van der Waals surface area contributed by atoms with Crippen molar-refractivity contribution < 1.29 is 18.8 Å². The zero-order valence-electron chi connectivity index (χ0n) is 18.1. The first-order chi connectivity index (χ1) is 15.4. The summed E-state index contributed by atoms with van der Waals surface area (Å²) in [4.78, 5) is 41.5. The molecular formula is C25H26FN3O3. The van der Waals surface area contributed by atoms with Crippen molar-refractivity contribution >= 4 is 23.4 Å². The van der Waals surface area contributed by atoms with Crippen LogP contribution in [0.4, 0.5) is 10.1 Å². The Labute approximate surface area is 186 Å². The fraction of sp³-hybridized carbons (Fsp3) is 0.400. The lowest BCUT2D eigenvalue weighted by Gasteiger charge is -2.39. The minimum atomic E-state index is -0.689. The third-order valence-electron chi connectivity index (χ3n) is 7.25. The Hall–Kier alpha value is -3.22. The molecule has 1 atom stereocenters. The maximum atomic E-state index is 13.7. The number of likely N-dealkylation sites (tertiary alicyclic amines) is 2. The highest BCUT2D eigenvalue weighted by Gasteiger charge is 2.50. The lowest BCUT2D eigenvalue weighted by Crippen LogP contribution is -2.53. The van der Waals surface area contributed by atoms with E-state index >= 15 is 0 Å². The fourth-order valence-corrected chi connectivity index (χ4v) is 5.48. The van der Waals surface area contributed by atoms with E-state index in [0.29, 0.717) is 38.9 Å². The van der Waals surface area contributed by atoms with Gasteiger partial charge in [-0.25, -0.2) is 4.39 Å². The number of piperidine rings is 1. The van der Waals surface area contributed by atoms with E-state index in [1.54, 1.807) is 15.9 Å². The van der Waals surface area contributed by atoms with Crippen LogP contribution in [0.1, 0.15) is 38.2 Å². The average Bonchev–Trinajstić information content (AvgIpc) is 3.38. The number of halogens is 1. The maximum Gasteiger partial charge on any atom is 0.245 e. The van der Waals surface area contributed by atoms with Crippen LogP contribution < -0.4 is 5.32 Å². The number of anilines is 1. The number of benzene rings is 2. The second-order valence-corrected chi connectivity index (χ2v) is 9.00. The van der Waals surface area contributed by atoms with Crippen molar-refractivity contribution in [1.29, 1.82) is 0 Å². The normalized spacial score (nSPS) is 21.6. The number of nitrogens with one attached hydrogen (secondary N) is 1. The summed E-state index contributed by atoms with van der Waals surface area (Å²) in [6, 6.07) is 11.8. The number of carbonyl (C=O) groups excluding carboxylic acids is 3. The predicted molar refractivity (Wildman–Crippen MR) is 118 cm³/mol. The van der Waals surface area contributed by atoms with E-state index in [1.165, 1.54) is 19.1 Å². The standard InChI is InChI=1S/C25H26FN3O3/c1-16(30)29-11-3-6-22(29)23(31)28-12-9-25(10-13-28)20-15-18(7-8-21(20)27-24(25)32)17-4-2-5-19(26)14-17/h2,4-5,7-8,14-15,22H,3,6,9-13H2,1H3,(H,27,32). The van der Waals surface area contributed by atoms with Crippen LogP contribution in [0.5, 0.6) is 0 Å². The number of amides is 3. The molecule has 1 N–H and O–H groups in total. The van der Waals surface area contributed by atoms with E-state index in [-0.39, 0.29) is 29.6 Å². The zero-order chi connectivity index (χ0) is 22.5. The molecule has 0 saturated carbocycles. The number of hydrogen-bond acceptors (Lipinski definition) is 3. The van der Waals surface area contributed by atoms with Gasteiger partial charge in [-0.1, -0.05) is 18.2 Å². The molecule has 6 nitrogen and oxygen atoms in total. The molecule has 5 rings (SSSR count). The van der Waals surface area contributed by atoms with Gasteiger partial charge in [0.15, 0.2) is 0 Å². The first-order valence-electron chi connectivity index (χ1n) is 11.2. The Morgan fingerprint density at radius 2 is 1.81 bits per heavy atom. The van der Waals surface area contributed by atoms with Crippen molar-refractivity contribution in [2.45, 2.75) is 44.1 Å². The molecule has 7 heteroatoms. The van der Waals surface area contributed by atoms with Crippen LogP contribution in [0.3, 0.4) is 0 Å². The van der Waals surface area contributed by atoms with Gasteiger partial charge in [-0.2, -0.15) is 0 Å². The number of carbonyl (C=O) groups is 3. The van der Waals surface area contributed by atoms with Gasteiger partial charge >= 0.3 is 0 Å². The highest BCUT2D eigenvalue weighted by molar-refractivity contribution is 6.07. The number of nitrogens with zero attached hydrogens (tertiary/aromatic N) is 2. The first-order valence-corrected chi connectivity index (χ1v) is 11.2. The van der Waals surface area contributed by atoms with Crippen LogP contribution in [-0.2, 0) is 19.8 Å². The number of hydrogen-bond donors (Lipinski definition) is 1. The van der Waals surface area contributed by atoms with E-state index in [0.717, 1.165) is 28.8 Å². The monoisotopic (exact) mass is 435 g/mol. The van der Waals surface area contributed by atoms with Crippen LogP contribution in [0.15, 0.2) is 42.5 Å². The fourth-order valence-electron chi connectivity index (χ4n) is 5.48. The van der Waals surface area contributed by atoms with Gasteiger partial charge in [0, 0.05) is 32.2 Å². The highest BCUT2D eigenvalue weighted by atomic mass is 19.1. The molecule has 2 aromatic carbocycles. The minimum absolute atomic E-state index is 0.0142. The van der Waals surface area contributed by atoms with Crippen molar-refractivity contribution in [3.8, 4) is 11.1 Å². The largest absolute Gasteiger partial charge is 0.341 e. The molecule has 1 spiro atoms. The molecule has 2 aromatic rings. The smallest absolute Gasteiger partial charge is 0.245 e. The molecule has 3 heterocycles. The third-order valence-corrected chi connectivity index (χ3v) is 7.25. The predicted octanol–water partition coefficient (Wildman–Crippen LogP) is 3.32. The van der Waals surface area contributed by atoms with Crippen molar-refractivity contribution in [1.82, 2.24) is 9.80 Å². The molecule has 2 saturated heterocycles. The first kappa shape index (κ1) is 20.7. The van der Waals surface area contributed by atoms with E-state index in [2.05, 4.69) is 5.32 Å². The summed E-state index contributed by atoms with van der Waals surface area (Å²) in [5.74, 6) is -0.421. The van der Waals surface area contributed by atoms with Gasteiger partial charge in [0.1, 0.15) is 11.9 Å². The van der Waals surface area contributed by atoms with Crippen molar-refractivity contribution in [3.05, 3.63) is 53.8 Å². The van der Waals surface area contributed by atoms with E-state index in [4.69, 9.17) is 0 Å². The summed E-state index contributed by atoms with van der Waals surface area (Å²) < 4.78 is 13.7. The Morgan fingerprint density at radius 1 is 1.06 bits per heavy atom. The summed E-state index contributed by atoms with van der Waals surface area (Å²) in [6.45, 7) is 3.07. The van der Waals surface area contributed by atoms with Crippen molar-refractivity contribution in [2.24, 2.45) is 0 Å². The third kappa shape index (κ3) is 3.27. The lowest BCUT2D eigenvalue weighted by molar-refractivity contribution is -0.144. The second-order valence-electron chi connectivity index (χ2n) is 9.00. The highest BCUT2D eigenvalue weighted by Crippen LogP contribution is 2.46. The van der Waals surface area contributed by atoms with Crippen LogP contribution in [0.25, 0.3) is 11.1 Å². The minimum Gasteiger partial charge on any atom is -0.341 e. The molecule has 0 aliphatic carbocycles. The van der Waals surface area contributed by atoms with E-state index in [1.807, 2.05) is 24.3 Å². The molecule has 3 amide bonds. The zero-order valence-corrected chi connectivity index (χ0v) is 18.1. The van der Waals surface area contributed by atoms with Gasteiger partial charge in [0.2, 0.25) is 17.7 Å². The van der Waals surface area contributed by atoms with Gasteiger partial charge in [0.25, 0.3) is 0 Å². The lowest BCUT2D eigenvalue weighted by atomic mass is 9.73. The Morgan fingerprint density at radius 3 is 2.53 bits per heavy atom. The molecule has 32 heavy (non-hydrogen) atoms. The SMILES string of the molecule is CC(=O)N1CCCC1C(=O)N1CCC2(CC1)C(=O)Nc1ccc(-c3cccc(F)c3)cc12. The van der Waals surface area contributed by atoms with Crippen LogP contribution in [0.2, 0.25) is 0 Å². The van der Waals surface area contributed by atoms with Crippen molar-refractivity contribution in [2.75, 3.05) is 25.0 Å². The summed E-state index contributed by atoms with van der Waals surface area (Å²) in [6.07, 6.45) is 2.58. The average molecular weight is 435 g/mol. The molecule has 1 unspecified atom stereocenters. The molecule has 2 fully saturated rings. The Balaban J connectivity index is 1.38. The van der Waals surface area contributed by atoms with Crippen LogP contribution in [-0.4, -0.2) is 53.2 Å². The quantitative estimate of drug-likeness (QED) is 0.787. The van der Waals surface area contributed by atoms with Gasteiger partial charge in [-0.3, -0.25) is 14.4 Å². The maximum absolute atomic E-state index is 13.7. The van der Waals surface area contributed by atoms with Gasteiger partial charge in [-0.05, 0) is 66.6 Å². The van der Waals surface area contributed by atoms with Crippen LogP contribution in [0, 0.1) is 5.82 Å². The molecule has 0 bridgehead atoms. The van der Waals surface area contributed by atoms with Crippen molar-refractivity contribution in [3.63, 3.8) is 0 Å². The second kappa shape index (κ2) is 7.73. The topological polar surface area (TPSA) is 69.7 Å².